The molecule has 0 unspecified atom stereocenters. The Balaban J connectivity index is 1.09. The highest BCUT2D eigenvalue weighted by atomic mass is 35.5. The smallest absolute Gasteiger partial charge is 0.235 e. The van der Waals surface area contributed by atoms with Gasteiger partial charge in [0.1, 0.15) is 11.6 Å². The van der Waals surface area contributed by atoms with Crippen molar-refractivity contribution in [1.82, 2.24) is 15.2 Å². The van der Waals surface area contributed by atoms with Crippen LogP contribution >= 0.6 is 23.4 Å². The first-order valence-corrected chi connectivity index (χ1v) is 12.6. The van der Waals surface area contributed by atoms with Crippen LogP contribution in [-0.2, 0) is 11.3 Å². The summed E-state index contributed by atoms with van der Waals surface area (Å²) in [6, 6.07) is 7.06. The van der Waals surface area contributed by atoms with Gasteiger partial charge in [0.05, 0.1) is 39.3 Å². The molecule has 4 heterocycles. The number of amides is 1. The van der Waals surface area contributed by atoms with Crippen LogP contribution in [0.5, 0.6) is 0 Å². The van der Waals surface area contributed by atoms with Crippen molar-refractivity contribution in [2.75, 3.05) is 48.7 Å². The number of benzene rings is 1. The van der Waals surface area contributed by atoms with Crippen LogP contribution in [0.15, 0.2) is 34.2 Å². The Morgan fingerprint density at radius 1 is 1.24 bits per heavy atom. The molecule has 1 aromatic heterocycles. The Morgan fingerprint density at radius 3 is 2.94 bits per heavy atom. The molecule has 1 fully saturated rings. The number of rotatable bonds is 6. The van der Waals surface area contributed by atoms with Crippen LogP contribution < -0.4 is 15.5 Å². The predicted molar refractivity (Wildman–Crippen MR) is 132 cm³/mol. The van der Waals surface area contributed by atoms with E-state index in [4.69, 9.17) is 11.6 Å². The number of likely N-dealkylation sites (tertiary alicyclic amines) is 1. The molecule has 1 aromatic carbocycles. The molecule has 0 radical (unpaired) electrons. The Morgan fingerprint density at radius 2 is 2.09 bits per heavy atom. The summed E-state index contributed by atoms with van der Waals surface area (Å²) >= 11 is 7.89. The molecule has 0 saturated carbocycles. The topological polar surface area (TPSA) is 72.9 Å². The van der Waals surface area contributed by atoms with Gasteiger partial charge in [-0.15, -0.1) is 11.8 Å². The minimum Gasteiger partial charge on any atom is -0.363 e. The van der Waals surface area contributed by atoms with E-state index in [1.807, 2.05) is 12.3 Å². The molecule has 3 aliphatic rings. The van der Waals surface area contributed by atoms with Crippen LogP contribution in [0.3, 0.4) is 0 Å². The number of carbonyl (C=O) groups is 1. The van der Waals surface area contributed by atoms with Crippen LogP contribution in [0.25, 0.3) is 0 Å². The minimum absolute atomic E-state index is 0.0286. The van der Waals surface area contributed by atoms with E-state index in [1.54, 1.807) is 12.1 Å². The number of nitrogens with one attached hydrogen (secondary N) is 2. The van der Waals surface area contributed by atoms with Gasteiger partial charge >= 0.3 is 0 Å². The lowest BCUT2D eigenvalue weighted by atomic mass is 10.0. The third kappa shape index (κ3) is 5.32. The number of halogens is 2. The molecule has 2 aromatic rings. The lowest BCUT2D eigenvalue weighted by Crippen LogP contribution is -2.45. The van der Waals surface area contributed by atoms with Crippen molar-refractivity contribution in [1.29, 1.82) is 0 Å². The molecule has 174 valence electrons. The van der Waals surface area contributed by atoms with Gasteiger partial charge in [0.2, 0.25) is 5.91 Å². The molecule has 2 N–H and O–H groups in total. The molecule has 0 bridgehead atoms. The van der Waals surface area contributed by atoms with E-state index in [9.17, 15) is 9.18 Å². The van der Waals surface area contributed by atoms with Crippen molar-refractivity contribution in [3.05, 3.63) is 40.8 Å². The summed E-state index contributed by atoms with van der Waals surface area (Å²) in [7, 11) is 0. The summed E-state index contributed by atoms with van der Waals surface area (Å²) < 4.78 is 13.7. The first kappa shape index (κ1) is 22.6. The zero-order chi connectivity index (χ0) is 22.8. The van der Waals surface area contributed by atoms with Crippen molar-refractivity contribution in [3.63, 3.8) is 0 Å². The molecule has 1 saturated heterocycles. The minimum atomic E-state index is -0.225. The third-order valence-electron chi connectivity index (χ3n) is 6.27. The second-order valence-electron chi connectivity index (χ2n) is 8.49. The zero-order valence-electron chi connectivity index (χ0n) is 18.2. The van der Waals surface area contributed by atoms with Gasteiger partial charge in [-0.1, -0.05) is 11.6 Å². The van der Waals surface area contributed by atoms with E-state index >= 15 is 0 Å². The Labute approximate surface area is 201 Å². The number of aromatic nitrogens is 1. The lowest BCUT2D eigenvalue weighted by Gasteiger charge is -2.35. The summed E-state index contributed by atoms with van der Waals surface area (Å²) in [5.74, 6) is 0.753. The number of pyridine rings is 1. The summed E-state index contributed by atoms with van der Waals surface area (Å²) in [4.78, 5) is 26.1. The fraction of sp³-hybridized carbons (Fsp3) is 0.435. The van der Waals surface area contributed by atoms with Crippen molar-refractivity contribution in [2.45, 2.75) is 30.3 Å². The molecule has 0 aliphatic carbocycles. The average molecular weight is 489 g/mol. The van der Waals surface area contributed by atoms with E-state index in [2.05, 4.69) is 30.4 Å². The lowest BCUT2D eigenvalue weighted by molar-refractivity contribution is -0.113. The maximum absolute atomic E-state index is 13.7. The number of piperidine rings is 1. The predicted octanol–water partition coefficient (Wildman–Crippen LogP) is 3.69. The molecule has 0 spiro atoms. The van der Waals surface area contributed by atoms with Crippen molar-refractivity contribution >= 4 is 52.7 Å². The fourth-order valence-corrected chi connectivity index (χ4v) is 5.49. The number of anilines is 2. The summed E-state index contributed by atoms with van der Waals surface area (Å²) in [5, 5.41) is 7.03. The molecule has 33 heavy (non-hydrogen) atoms. The van der Waals surface area contributed by atoms with Crippen LogP contribution in [0.4, 0.5) is 21.6 Å². The normalized spacial score (nSPS) is 18.7. The number of thioether (sulfide) groups is 1. The summed E-state index contributed by atoms with van der Waals surface area (Å²) in [6.45, 7) is 5.08. The molecule has 7 nitrogen and oxygen atoms in total. The Kier molecular flexibility index (Phi) is 6.82. The fourth-order valence-electron chi connectivity index (χ4n) is 4.42. The van der Waals surface area contributed by atoms with E-state index in [0.717, 1.165) is 61.0 Å². The zero-order valence-corrected chi connectivity index (χ0v) is 19.8. The average Bonchev–Trinajstić information content (AvgIpc) is 2.82. The molecule has 10 heteroatoms. The molecule has 0 atom stereocenters. The van der Waals surface area contributed by atoms with Gasteiger partial charge in [0.15, 0.2) is 0 Å². The van der Waals surface area contributed by atoms with Crippen LogP contribution in [0, 0.1) is 5.82 Å². The van der Waals surface area contributed by atoms with E-state index < -0.39 is 0 Å². The highest BCUT2D eigenvalue weighted by molar-refractivity contribution is 8.00. The van der Waals surface area contributed by atoms with Crippen molar-refractivity contribution < 1.29 is 9.18 Å². The van der Waals surface area contributed by atoms with Crippen molar-refractivity contribution in [3.8, 4) is 0 Å². The largest absolute Gasteiger partial charge is 0.363 e. The first-order chi connectivity index (χ1) is 16.0. The van der Waals surface area contributed by atoms with Gasteiger partial charge in [0, 0.05) is 31.9 Å². The van der Waals surface area contributed by atoms with Crippen LogP contribution in [0.2, 0.25) is 5.02 Å². The van der Waals surface area contributed by atoms with E-state index in [0.29, 0.717) is 35.7 Å². The quantitative estimate of drug-likeness (QED) is 0.646. The summed E-state index contributed by atoms with van der Waals surface area (Å²) in [5.41, 5.74) is 2.47. The first-order valence-electron chi connectivity index (χ1n) is 11.2. The van der Waals surface area contributed by atoms with Crippen LogP contribution in [-0.4, -0.2) is 66.5 Å². The number of fused-ring (bicyclic) bond motifs is 2. The van der Waals surface area contributed by atoms with Gasteiger partial charge in [-0.25, -0.2) is 9.37 Å². The van der Waals surface area contributed by atoms with Gasteiger partial charge in [-0.2, -0.15) is 0 Å². The second kappa shape index (κ2) is 9.97. The van der Waals surface area contributed by atoms with E-state index in [1.165, 1.54) is 17.8 Å². The molecular weight excluding hydrogens is 463 g/mol. The third-order valence-corrected chi connectivity index (χ3v) is 7.63. The standard InChI is InChI=1S/C23H26ClFN6OS/c24-17-12-21-23(29-22(32)14-33-21)28-19(17)13-27-16-3-6-30(7-4-16)9-10-31-8-5-26-18-2-1-15(25)11-20(18)31/h1-2,5,11-12,16,27H,3-4,6-10,13-14H2,(H,28,29,32). The molecular formula is C23H26ClFN6OS. The summed E-state index contributed by atoms with van der Waals surface area (Å²) in [6.07, 6.45) is 3.98. The molecule has 5 rings (SSSR count). The highest BCUT2D eigenvalue weighted by Crippen LogP contribution is 2.34. The van der Waals surface area contributed by atoms with Crippen LogP contribution in [0.1, 0.15) is 18.5 Å². The number of hydrogen-bond donors (Lipinski definition) is 2. The SMILES string of the molecule is O=C1CSc2cc(Cl)c(CNC3CCN(CCN4CC=Nc5ccc(F)cc54)CC3)nc2N1. The van der Waals surface area contributed by atoms with Gasteiger partial charge in [-0.3, -0.25) is 9.79 Å². The maximum Gasteiger partial charge on any atom is 0.235 e. The number of carbonyl (C=O) groups excluding carboxylic acids is 1. The van der Waals surface area contributed by atoms with Crippen molar-refractivity contribution in [2.24, 2.45) is 4.99 Å². The number of nitrogens with zero attached hydrogens (tertiary/aromatic N) is 4. The Bertz CT molecular complexity index is 1080. The monoisotopic (exact) mass is 488 g/mol. The van der Waals surface area contributed by atoms with Gasteiger partial charge < -0.3 is 20.4 Å². The Hall–Kier alpha value is -2.20. The molecule has 3 aliphatic heterocycles. The van der Waals surface area contributed by atoms with E-state index in [-0.39, 0.29) is 11.7 Å². The second-order valence-corrected chi connectivity index (χ2v) is 9.91. The number of hydrogen-bond acceptors (Lipinski definition) is 7. The number of aliphatic imine (C=N–C) groups is 1. The molecule has 1 amide bonds. The van der Waals surface area contributed by atoms with Gasteiger partial charge in [0.25, 0.3) is 0 Å². The van der Waals surface area contributed by atoms with Gasteiger partial charge in [-0.05, 0) is 50.2 Å². The maximum atomic E-state index is 13.7. The highest BCUT2D eigenvalue weighted by Gasteiger charge is 2.23.